The van der Waals surface area contributed by atoms with E-state index in [1.165, 1.54) is 24.3 Å². The average molecular weight is 422 g/mol. The molecule has 0 bridgehead atoms. The Hall–Kier alpha value is -2.56. The lowest BCUT2D eigenvalue weighted by Crippen LogP contribution is -2.52. The third kappa shape index (κ3) is 5.28. The smallest absolute Gasteiger partial charge is 0.336 e. The highest BCUT2D eigenvalue weighted by molar-refractivity contribution is 6.31. The molecule has 0 radical (unpaired) electrons. The predicted molar refractivity (Wildman–Crippen MR) is 103 cm³/mol. The largest absolute Gasteiger partial charge is 0.407 e. The van der Waals surface area contributed by atoms with E-state index in [0.29, 0.717) is 23.4 Å². The van der Waals surface area contributed by atoms with Crippen molar-refractivity contribution in [1.29, 1.82) is 5.26 Å². The predicted octanol–water partition coefficient (Wildman–Crippen LogP) is 4.32. The first-order valence-electron chi connectivity index (χ1n) is 9.08. The molecule has 2 aromatic carbocycles. The number of amides is 1. The molecule has 2 N–H and O–H groups in total. The van der Waals surface area contributed by atoms with Crippen LogP contribution in [0.4, 0.5) is 13.2 Å². The van der Waals surface area contributed by atoms with Gasteiger partial charge in [-0.1, -0.05) is 60.1 Å². The second-order valence-electron chi connectivity index (χ2n) is 7.08. The molecule has 0 aliphatic heterocycles. The van der Waals surface area contributed by atoms with Gasteiger partial charge < -0.3 is 5.32 Å². The van der Waals surface area contributed by atoms with Crippen molar-refractivity contribution in [2.24, 2.45) is 0 Å². The fourth-order valence-corrected chi connectivity index (χ4v) is 3.26. The van der Waals surface area contributed by atoms with Gasteiger partial charge in [-0.15, -0.1) is 0 Å². The monoisotopic (exact) mass is 421 g/mol. The van der Waals surface area contributed by atoms with Crippen LogP contribution in [0.15, 0.2) is 54.6 Å². The molecule has 0 saturated heterocycles. The molecule has 1 saturated carbocycles. The van der Waals surface area contributed by atoms with Gasteiger partial charge in [-0.3, -0.25) is 10.1 Å². The molecule has 3 rings (SSSR count). The van der Waals surface area contributed by atoms with Gasteiger partial charge in [-0.05, 0) is 36.5 Å². The molecule has 0 aromatic heterocycles. The SMILES string of the molecule is N#CC1(NC(=O)C(Cc2ccccc2Cl)NC(c2ccccc2)C(F)(F)F)CC1. The molecule has 152 valence electrons. The molecule has 0 heterocycles. The van der Waals surface area contributed by atoms with E-state index in [9.17, 15) is 23.2 Å². The van der Waals surface area contributed by atoms with E-state index < -0.39 is 29.7 Å². The highest BCUT2D eigenvalue weighted by Crippen LogP contribution is 2.36. The number of nitriles is 1. The highest BCUT2D eigenvalue weighted by atomic mass is 35.5. The molecule has 8 heteroatoms. The quantitative estimate of drug-likeness (QED) is 0.700. The molecule has 4 nitrogen and oxygen atoms in total. The number of halogens is 4. The van der Waals surface area contributed by atoms with Gasteiger partial charge in [0.2, 0.25) is 5.91 Å². The summed E-state index contributed by atoms with van der Waals surface area (Å²) in [6.45, 7) is 0. The molecule has 1 aliphatic carbocycles. The van der Waals surface area contributed by atoms with Crippen LogP contribution < -0.4 is 10.6 Å². The van der Waals surface area contributed by atoms with E-state index in [-0.39, 0.29) is 12.0 Å². The first kappa shape index (κ1) is 21.2. The normalized spacial score (nSPS) is 17.1. The molecule has 0 spiro atoms. The zero-order chi connectivity index (χ0) is 21.1. The summed E-state index contributed by atoms with van der Waals surface area (Å²) in [5, 5.41) is 14.6. The Morgan fingerprint density at radius 1 is 1.14 bits per heavy atom. The fraction of sp³-hybridized carbons (Fsp3) is 0.333. The van der Waals surface area contributed by atoms with Crippen molar-refractivity contribution in [3.63, 3.8) is 0 Å². The molecular formula is C21H19ClF3N3O. The number of alkyl halides is 3. The second kappa shape index (κ2) is 8.44. The van der Waals surface area contributed by atoms with Gasteiger partial charge >= 0.3 is 6.18 Å². The van der Waals surface area contributed by atoms with Crippen LogP contribution in [0.3, 0.4) is 0 Å². The fourth-order valence-electron chi connectivity index (χ4n) is 3.05. The van der Waals surface area contributed by atoms with Gasteiger partial charge in [-0.2, -0.15) is 18.4 Å². The van der Waals surface area contributed by atoms with Crippen LogP contribution in [0.2, 0.25) is 5.02 Å². The second-order valence-corrected chi connectivity index (χ2v) is 7.49. The van der Waals surface area contributed by atoms with Crippen LogP contribution in [0.25, 0.3) is 0 Å². The van der Waals surface area contributed by atoms with E-state index in [1.54, 1.807) is 30.3 Å². The van der Waals surface area contributed by atoms with Gasteiger partial charge in [0.15, 0.2) is 0 Å². The molecule has 1 aliphatic rings. The van der Waals surface area contributed by atoms with Crippen molar-refractivity contribution in [2.45, 2.75) is 43.1 Å². The van der Waals surface area contributed by atoms with E-state index in [2.05, 4.69) is 10.6 Å². The Morgan fingerprint density at radius 2 is 1.76 bits per heavy atom. The maximum Gasteiger partial charge on any atom is 0.407 e. The molecule has 29 heavy (non-hydrogen) atoms. The Morgan fingerprint density at radius 3 is 2.31 bits per heavy atom. The van der Waals surface area contributed by atoms with Crippen LogP contribution in [0.5, 0.6) is 0 Å². The van der Waals surface area contributed by atoms with E-state index in [0.717, 1.165) is 0 Å². The lowest BCUT2D eigenvalue weighted by atomic mass is 10.0. The molecule has 1 amide bonds. The minimum Gasteiger partial charge on any atom is -0.336 e. The minimum atomic E-state index is -4.62. The van der Waals surface area contributed by atoms with Crippen molar-refractivity contribution in [3.05, 3.63) is 70.7 Å². The maximum absolute atomic E-state index is 13.8. The summed E-state index contributed by atoms with van der Waals surface area (Å²) in [7, 11) is 0. The Balaban J connectivity index is 1.89. The zero-order valence-corrected chi connectivity index (χ0v) is 16.1. The first-order chi connectivity index (χ1) is 13.7. The first-order valence-corrected chi connectivity index (χ1v) is 9.46. The van der Waals surface area contributed by atoms with Crippen molar-refractivity contribution >= 4 is 17.5 Å². The molecule has 2 unspecified atom stereocenters. The van der Waals surface area contributed by atoms with Gasteiger partial charge in [0, 0.05) is 5.02 Å². The van der Waals surface area contributed by atoms with Gasteiger partial charge in [-0.25, -0.2) is 0 Å². The topological polar surface area (TPSA) is 64.9 Å². The lowest BCUT2D eigenvalue weighted by molar-refractivity contribution is -0.160. The van der Waals surface area contributed by atoms with Crippen LogP contribution in [0, 0.1) is 11.3 Å². The molecule has 1 fully saturated rings. The summed E-state index contributed by atoms with van der Waals surface area (Å²) in [5.74, 6) is -0.658. The van der Waals surface area contributed by atoms with Gasteiger partial charge in [0.25, 0.3) is 0 Å². The van der Waals surface area contributed by atoms with Crippen molar-refractivity contribution in [1.82, 2.24) is 10.6 Å². The van der Waals surface area contributed by atoms with Crippen LogP contribution in [-0.2, 0) is 11.2 Å². The number of nitrogens with zero attached hydrogens (tertiary/aromatic N) is 1. The third-order valence-electron chi connectivity index (χ3n) is 4.85. The molecule has 2 atom stereocenters. The summed E-state index contributed by atoms with van der Waals surface area (Å²) >= 11 is 6.16. The highest BCUT2D eigenvalue weighted by Gasteiger charge is 2.47. The van der Waals surface area contributed by atoms with E-state index in [4.69, 9.17) is 11.6 Å². The third-order valence-corrected chi connectivity index (χ3v) is 5.22. The van der Waals surface area contributed by atoms with E-state index in [1.807, 2.05) is 6.07 Å². The minimum absolute atomic E-state index is 0.00150. The summed E-state index contributed by atoms with van der Waals surface area (Å²) in [4.78, 5) is 12.8. The number of carbonyl (C=O) groups is 1. The van der Waals surface area contributed by atoms with E-state index >= 15 is 0 Å². The number of nitrogens with one attached hydrogen (secondary N) is 2. The van der Waals surface area contributed by atoms with Crippen LogP contribution in [-0.4, -0.2) is 23.7 Å². The summed E-state index contributed by atoms with van der Waals surface area (Å²) in [6.07, 6.45) is -3.70. The van der Waals surface area contributed by atoms with Gasteiger partial charge in [0.1, 0.15) is 11.6 Å². The van der Waals surface area contributed by atoms with Gasteiger partial charge in [0.05, 0.1) is 12.1 Å². The van der Waals surface area contributed by atoms with Crippen molar-refractivity contribution < 1.29 is 18.0 Å². The average Bonchev–Trinajstić information content (AvgIpc) is 3.46. The lowest BCUT2D eigenvalue weighted by Gasteiger charge is -2.28. The Kier molecular flexibility index (Phi) is 6.15. The summed E-state index contributed by atoms with van der Waals surface area (Å²) < 4.78 is 41.4. The van der Waals surface area contributed by atoms with Crippen LogP contribution >= 0.6 is 11.6 Å². The summed E-state index contributed by atoms with van der Waals surface area (Å²) in [6, 6.07) is 12.8. The molecule has 2 aromatic rings. The maximum atomic E-state index is 13.8. The zero-order valence-electron chi connectivity index (χ0n) is 15.3. The number of benzene rings is 2. The summed E-state index contributed by atoms with van der Waals surface area (Å²) in [5.41, 5.74) is -0.450. The van der Waals surface area contributed by atoms with Crippen molar-refractivity contribution in [3.8, 4) is 6.07 Å². The Labute approximate surface area is 171 Å². The van der Waals surface area contributed by atoms with Crippen LogP contribution in [0.1, 0.15) is 30.0 Å². The standard InChI is InChI=1S/C21H19ClF3N3O/c22-16-9-5-4-8-15(16)12-17(19(29)28-20(13-26)10-11-20)27-18(21(23,24)25)14-6-2-1-3-7-14/h1-9,17-18,27H,10-12H2,(H,28,29). The van der Waals surface area contributed by atoms with Crippen molar-refractivity contribution in [2.75, 3.05) is 0 Å². The number of rotatable bonds is 7. The number of hydrogen-bond acceptors (Lipinski definition) is 3. The Bertz CT molecular complexity index is 907. The number of carbonyl (C=O) groups excluding carboxylic acids is 1. The molecular weight excluding hydrogens is 403 g/mol. The number of hydrogen-bond donors (Lipinski definition) is 2.